The lowest BCUT2D eigenvalue weighted by Gasteiger charge is -2.42. The molecule has 0 radical (unpaired) electrons. The van der Waals surface area contributed by atoms with Crippen molar-refractivity contribution in [2.45, 2.75) is 96.8 Å². The molecule has 0 saturated heterocycles. The summed E-state index contributed by atoms with van der Waals surface area (Å²) >= 11 is 3.84. The van der Waals surface area contributed by atoms with Crippen molar-refractivity contribution >= 4 is 114 Å². The Morgan fingerprint density at radius 1 is 0.515 bits per heavy atom. The molecule has 3 aromatic heterocycles. The normalized spacial score (nSPS) is 16.4. The molecule has 4 heterocycles. The molecule has 3 aliphatic rings. The van der Waals surface area contributed by atoms with Crippen LogP contribution in [0, 0.1) is 0 Å². The van der Waals surface area contributed by atoms with Crippen molar-refractivity contribution in [2.24, 2.45) is 0 Å². The van der Waals surface area contributed by atoms with Crippen molar-refractivity contribution in [3.63, 3.8) is 0 Å². The van der Waals surface area contributed by atoms with Crippen molar-refractivity contribution in [2.75, 3.05) is 5.32 Å². The third kappa shape index (κ3) is 5.64. The Labute approximate surface area is 407 Å². The summed E-state index contributed by atoms with van der Waals surface area (Å²) in [5, 5.41) is 12.1. The number of hydrogen-bond acceptors (Lipinski definition) is 3. The number of fused-ring (bicyclic) bond motifs is 15. The maximum atomic E-state index is 4.08. The molecule has 11 aromatic rings. The Morgan fingerprint density at radius 3 is 1.81 bits per heavy atom. The summed E-state index contributed by atoms with van der Waals surface area (Å²) in [6.45, 7) is 21.7. The first-order valence-corrected chi connectivity index (χ1v) is 26.3. The average molecular weight is 915 g/mol. The highest BCUT2D eigenvalue weighted by Crippen LogP contribution is 2.56. The van der Waals surface area contributed by atoms with Crippen LogP contribution < -0.4 is 16.2 Å². The zero-order valence-electron chi connectivity index (χ0n) is 40.6. The molecule has 2 aliphatic carbocycles. The van der Waals surface area contributed by atoms with Crippen molar-refractivity contribution in [1.82, 2.24) is 4.57 Å². The molecular weight excluding hydrogens is 860 g/mol. The van der Waals surface area contributed by atoms with Gasteiger partial charge >= 0.3 is 0 Å². The number of nitrogens with one attached hydrogen (secondary N) is 1. The van der Waals surface area contributed by atoms with Gasteiger partial charge in [0.05, 0.1) is 5.52 Å². The standard InChI is InChI=1S/C63H55BN2S2/c1-60(2,3)34-18-20-35(21-19-34)65-51-29-41-40-27-48-49(62(6,7)25-24-61(48,4)5)31-47(40)63(8,9)46(41)28-42(51)38-22-23-39-43-26-44-36-14-10-12-16-54(36)68-57(44)33-52(43)66-53-30-45-37-15-11-13-17-55(37)67-56(45)32-50(53)64-58(38)59(39)66/h10-23,26-33,64-65H,24-25H2,1-9H3. The van der Waals surface area contributed by atoms with E-state index >= 15 is 0 Å². The van der Waals surface area contributed by atoms with Gasteiger partial charge in [0.1, 0.15) is 0 Å². The molecule has 0 unspecified atom stereocenters. The number of nitrogens with zero attached hydrogens (tertiary/aromatic N) is 1. The summed E-state index contributed by atoms with van der Waals surface area (Å²) in [5.41, 5.74) is 21.7. The minimum absolute atomic E-state index is 0.0739. The molecule has 0 fully saturated rings. The molecule has 8 aromatic carbocycles. The maximum Gasteiger partial charge on any atom is 0.198 e. The first-order chi connectivity index (χ1) is 32.5. The SMILES string of the molecule is CC(C)(C)c1ccc(Nc2cc3c(cc2-c2ccc4c5cc6c(cc5n5c4c2Bc2cc4sc7ccccc7c4cc2-5)sc2ccccc26)C(C)(C)c2cc4c(cc2-3)C(C)(C)CCC4(C)C)cc1. The van der Waals surface area contributed by atoms with E-state index in [-0.39, 0.29) is 21.7 Å². The number of hydrogen-bond donors (Lipinski definition) is 1. The van der Waals surface area contributed by atoms with Crippen LogP contribution in [0.1, 0.15) is 103 Å². The smallest absolute Gasteiger partial charge is 0.198 e. The number of thiophene rings is 2. The molecule has 2 nitrogen and oxygen atoms in total. The quantitative estimate of drug-likeness (QED) is 0.175. The van der Waals surface area contributed by atoms with Gasteiger partial charge in [-0.1, -0.05) is 135 Å². The van der Waals surface area contributed by atoms with Crippen LogP contribution >= 0.6 is 22.7 Å². The van der Waals surface area contributed by atoms with Gasteiger partial charge in [0.2, 0.25) is 0 Å². The van der Waals surface area contributed by atoms with Crippen molar-refractivity contribution < 1.29 is 0 Å². The van der Waals surface area contributed by atoms with E-state index in [1.165, 1.54) is 142 Å². The van der Waals surface area contributed by atoms with E-state index in [9.17, 15) is 0 Å². The van der Waals surface area contributed by atoms with Gasteiger partial charge in [-0.2, -0.15) is 0 Å². The van der Waals surface area contributed by atoms with Crippen LogP contribution in [0.4, 0.5) is 11.4 Å². The van der Waals surface area contributed by atoms with E-state index in [1.54, 1.807) is 0 Å². The summed E-state index contributed by atoms with van der Waals surface area (Å²) in [7, 11) is 0.858. The van der Waals surface area contributed by atoms with Crippen LogP contribution in [0.3, 0.4) is 0 Å². The van der Waals surface area contributed by atoms with Gasteiger partial charge in [0, 0.05) is 84.7 Å². The van der Waals surface area contributed by atoms with Crippen LogP contribution in [-0.4, -0.2) is 11.8 Å². The molecule has 68 heavy (non-hydrogen) atoms. The van der Waals surface area contributed by atoms with E-state index in [0.29, 0.717) is 0 Å². The number of aromatic nitrogens is 1. The molecule has 14 rings (SSSR count). The van der Waals surface area contributed by atoms with Crippen molar-refractivity contribution in [1.29, 1.82) is 0 Å². The minimum atomic E-state index is -0.177. The molecule has 1 N–H and O–H groups in total. The zero-order valence-corrected chi connectivity index (χ0v) is 42.2. The summed E-state index contributed by atoms with van der Waals surface area (Å²) in [5.74, 6) is 0. The van der Waals surface area contributed by atoms with Gasteiger partial charge in [-0.15, -0.1) is 22.7 Å². The Morgan fingerprint density at radius 2 is 1.12 bits per heavy atom. The summed E-state index contributed by atoms with van der Waals surface area (Å²) < 4.78 is 8.04. The second-order valence-corrected chi connectivity index (χ2v) is 25.4. The van der Waals surface area contributed by atoms with Gasteiger partial charge < -0.3 is 9.88 Å². The van der Waals surface area contributed by atoms with E-state index < -0.39 is 0 Å². The van der Waals surface area contributed by atoms with E-state index in [4.69, 9.17) is 0 Å². The second kappa shape index (κ2) is 13.6. The Kier molecular flexibility index (Phi) is 8.15. The molecule has 0 spiro atoms. The highest BCUT2D eigenvalue weighted by Gasteiger charge is 2.43. The van der Waals surface area contributed by atoms with E-state index in [1.807, 2.05) is 22.7 Å². The lowest BCUT2D eigenvalue weighted by atomic mass is 9.59. The van der Waals surface area contributed by atoms with Gasteiger partial charge in [-0.05, 0) is 146 Å². The van der Waals surface area contributed by atoms with Gasteiger partial charge in [0.25, 0.3) is 0 Å². The second-order valence-electron chi connectivity index (χ2n) is 23.3. The topological polar surface area (TPSA) is 17.0 Å². The predicted molar refractivity (Wildman–Crippen MR) is 300 cm³/mol. The maximum absolute atomic E-state index is 4.08. The van der Waals surface area contributed by atoms with E-state index in [0.717, 1.165) is 18.7 Å². The third-order valence-electron chi connectivity index (χ3n) is 16.8. The predicted octanol–water partition coefficient (Wildman–Crippen LogP) is 16.6. The molecule has 332 valence electrons. The van der Waals surface area contributed by atoms with Crippen molar-refractivity contribution in [3.05, 3.63) is 161 Å². The third-order valence-corrected chi connectivity index (χ3v) is 19.1. The van der Waals surface area contributed by atoms with Crippen molar-refractivity contribution in [3.8, 4) is 27.9 Å². The summed E-state index contributed by atoms with van der Waals surface area (Å²) in [4.78, 5) is 0. The number of benzene rings is 8. The van der Waals surface area contributed by atoms with Crippen LogP contribution in [0.5, 0.6) is 0 Å². The largest absolute Gasteiger partial charge is 0.355 e. The fraction of sp³-hybridized carbons (Fsp3) is 0.238. The van der Waals surface area contributed by atoms with Gasteiger partial charge in [-0.25, -0.2) is 0 Å². The molecule has 0 bridgehead atoms. The molecule has 5 heteroatoms. The Balaban J connectivity index is 1.05. The van der Waals surface area contributed by atoms with E-state index in [2.05, 4.69) is 206 Å². The Bertz CT molecular complexity index is 4030. The zero-order chi connectivity index (χ0) is 46.4. The minimum Gasteiger partial charge on any atom is -0.355 e. The lowest BCUT2D eigenvalue weighted by molar-refractivity contribution is 0.331. The number of rotatable bonds is 3. The molecular formula is C63H55BN2S2. The molecule has 0 atom stereocenters. The average Bonchev–Trinajstić information content (AvgIpc) is 4.02. The Hall–Kier alpha value is -6.14. The highest BCUT2D eigenvalue weighted by molar-refractivity contribution is 7.26. The van der Waals surface area contributed by atoms with Crippen LogP contribution in [0.2, 0.25) is 0 Å². The molecule has 0 saturated carbocycles. The highest BCUT2D eigenvalue weighted by atomic mass is 32.1. The lowest BCUT2D eigenvalue weighted by Crippen LogP contribution is -2.37. The number of anilines is 2. The molecule has 0 amide bonds. The van der Waals surface area contributed by atoms with Crippen LogP contribution in [0.25, 0.3) is 90.1 Å². The molecule has 1 aliphatic heterocycles. The van der Waals surface area contributed by atoms with Gasteiger partial charge in [0.15, 0.2) is 7.28 Å². The first kappa shape index (κ1) is 40.9. The summed E-state index contributed by atoms with van der Waals surface area (Å²) in [6, 6.07) is 52.3. The monoisotopic (exact) mass is 914 g/mol. The fourth-order valence-electron chi connectivity index (χ4n) is 12.8. The van der Waals surface area contributed by atoms with Crippen LogP contribution in [0.15, 0.2) is 133 Å². The van der Waals surface area contributed by atoms with Crippen LogP contribution in [-0.2, 0) is 21.7 Å². The first-order valence-electron chi connectivity index (χ1n) is 24.7. The van der Waals surface area contributed by atoms with Gasteiger partial charge in [-0.3, -0.25) is 0 Å². The fourth-order valence-corrected chi connectivity index (χ4v) is 15.1. The summed E-state index contributed by atoms with van der Waals surface area (Å²) in [6.07, 6.45) is 2.41.